The third-order valence-corrected chi connectivity index (χ3v) is 4.69. The maximum Gasteiger partial charge on any atom is 0.224 e. The zero-order chi connectivity index (χ0) is 11.6. The highest BCUT2D eigenvalue weighted by Gasteiger charge is 2.40. The summed E-state index contributed by atoms with van der Waals surface area (Å²) in [6.45, 7) is 2.74. The van der Waals surface area contributed by atoms with Gasteiger partial charge in [-0.2, -0.15) is 11.8 Å². The molecule has 2 N–H and O–H groups in total. The predicted octanol–water partition coefficient (Wildman–Crippen LogP) is 0.396. The molecule has 1 amide bonds. The van der Waals surface area contributed by atoms with Crippen molar-refractivity contribution in [3.8, 4) is 0 Å². The first kappa shape index (κ1) is 12.2. The van der Waals surface area contributed by atoms with Crippen molar-refractivity contribution in [2.24, 2.45) is 5.92 Å². The van der Waals surface area contributed by atoms with Crippen molar-refractivity contribution >= 4 is 17.7 Å². The third-order valence-electron chi connectivity index (χ3n) is 3.53. The van der Waals surface area contributed by atoms with Crippen molar-refractivity contribution in [2.45, 2.75) is 31.5 Å². The van der Waals surface area contributed by atoms with Crippen LogP contribution in [0, 0.1) is 5.92 Å². The summed E-state index contributed by atoms with van der Waals surface area (Å²) in [6, 6.07) is 0. The van der Waals surface area contributed by atoms with Gasteiger partial charge in [-0.25, -0.2) is 0 Å². The van der Waals surface area contributed by atoms with Crippen molar-refractivity contribution in [3.63, 3.8) is 0 Å². The zero-order valence-electron chi connectivity index (χ0n) is 9.57. The van der Waals surface area contributed by atoms with Crippen LogP contribution in [0.2, 0.25) is 0 Å². The van der Waals surface area contributed by atoms with Crippen LogP contribution < -0.4 is 5.32 Å². The molecule has 2 fully saturated rings. The topological polar surface area (TPSA) is 58.6 Å². The minimum atomic E-state index is -0.874. The summed E-state index contributed by atoms with van der Waals surface area (Å²) in [5, 5.41) is 13.1. The second kappa shape index (κ2) is 4.94. The van der Waals surface area contributed by atoms with Gasteiger partial charge in [-0.3, -0.25) is 4.79 Å². The second-order valence-corrected chi connectivity index (χ2v) is 5.79. The monoisotopic (exact) mass is 245 g/mol. The highest BCUT2D eigenvalue weighted by molar-refractivity contribution is 7.99. The number of nitrogens with one attached hydrogen (secondary N) is 1. The smallest absolute Gasteiger partial charge is 0.224 e. The molecule has 0 spiro atoms. The molecule has 2 rings (SSSR count). The Kier molecular flexibility index (Phi) is 3.77. The molecule has 16 heavy (non-hydrogen) atoms. The van der Waals surface area contributed by atoms with Gasteiger partial charge in [0.1, 0.15) is 5.60 Å². The van der Waals surface area contributed by atoms with Crippen LogP contribution in [-0.2, 0) is 9.53 Å². The average Bonchev–Trinajstić information content (AvgIpc) is 2.87. The van der Waals surface area contributed by atoms with E-state index in [1.807, 2.05) is 18.7 Å². The molecule has 0 aromatic carbocycles. The van der Waals surface area contributed by atoms with E-state index in [4.69, 9.17) is 4.74 Å². The lowest BCUT2D eigenvalue weighted by atomic mass is 9.96. The predicted molar refractivity (Wildman–Crippen MR) is 63.4 cm³/mol. The van der Waals surface area contributed by atoms with Gasteiger partial charge in [0.2, 0.25) is 5.91 Å². The quantitative estimate of drug-likeness (QED) is 0.755. The van der Waals surface area contributed by atoms with Crippen molar-refractivity contribution in [2.75, 3.05) is 24.7 Å². The normalized spacial score (nSPS) is 38.9. The zero-order valence-corrected chi connectivity index (χ0v) is 10.4. The van der Waals surface area contributed by atoms with Crippen LogP contribution in [-0.4, -0.2) is 47.4 Å². The van der Waals surface area contributed by atoms with E-state index >= 15 is 0 Å². The van der Waals surface area contributed by atoms with Gasteiger partial charge in [-0.15, -0.1) is 0 Å². The van der Waals surface area contributed by atoms with Crippen LogP contribution >= 0.6 is 11.8 Å². The molecule has 0 aliphatic carbocycles. The number of thioether (sulfide) groups is 1. The number of amides is 1. The van der Waals surface area contributed by atoms with Crippen LogP contribution in [0.4, 0.5) is 0 Å². The first-order valence-electron chi connectivity index (χ1n) is 5.81. The van der Waals surface area contributed by atoms with E-state index in [1.165, 1.54) is 0 Å². The fourth-order valence-corrected chi connectivity index (χ4v) is 3.35. The van der Waals surface area contributed by atoms with Crippen LogP contribution in [0.3, 0.4) is 0 Å². The lowest BCUT2D eigenvalue weighted by molar-refractivity contribution is -0.126. The van der Waals surface area contributed by atoms with E-state index in [0.717, 1.165) is 17.9 Å². The van der Waals surface area contributed by atoms with Gasteiger partial charge in [-0.1, -0.05) is 0 Å². The number of hydrogen-bond acceptors (Lipinski definition) is 4. The lowest BCUT2D eigenvalue weighted by Gasteiger charge is -2.26. The molecule has 4 nitrogen and oxygen atoms in total. The fraction of sp³-hybridized carbons (Fsp3) is 0.909. The minimum Gasteiger partial charge on any atom is -0.385 e. The fourth-order valence-electron chi connectivity index (χ4n) is 2.13. The maximum absolute atomic E-state index is 11.8. The highest BCUT2D eigenvalue weighted by atomic mass is 32.2. The molecule has 5 heteroatoms. The van der Waals surface area contributed by atoms with Crippen LogP contribution in [0.25, 0.3) is 0 Å². The summed E-state index contributed by atoms with van der Waals surface area (Å²) in [5.74, 6) is 2.20. The molecule has 3 atom stereocenters. The third kappa shape index (κ3) is 2.52. The van der Waals surface area contributed by atoms with Crippen molar-refractivity contribution in [3.05, 3.63) is 0 Å². The number of ether oxygens (including phenoxy) is 1. The standard InChI is InChI=1S/C11H19NO3S/c1-8-11(14,3-4-15-8)7-12-10(13)9-2-5-16-6-9/h8-9,14H,2-7H2,1H3,(H,12,13). The van der Waals surface area contributed by atoms with Gasteiger partial charge in [-0.05, 0) is 19.1 Å². The van der Waals surface area contributed by atoms with Gasteiger partial charge >= 0.3 is 0 Å². The number of carbonyl (C=O) groups is 1. The first-order chi connectivity index (χ1) is 7.62. The van der Waals surface area contributed by atoms with E-state index in [-0.39, 0.29) is 17.9 Å². The number of aliphatic hydroxyl groups is 1. The Balaban J connectivity index is 1.80. The number of rotatable bonds is 3. The maximum atomic E-state index is 11.8. The molecular formula is C11H19NO3S. The van der Waals surface area contributed by atoms with Gasteiger partial charge in [0.25, 0.3) is 0 Å². The summed E-state index contributed by atoms with van der Waals surface area (Å²) < 4.78 is 5.32. The molecule has 0 bridgehead atoms. The Hall–Kier alpha value is -0.260. The van der Waals surface area contributed by atoms with Gasteiger partial charge in [0, 0.05) is 31.2 Å². The molecule has 0 radical (unpaired) electrons. The Labute approximate surface area is 100 Å². The van der Waals surface area contributed by atoms with Crippen molar-refractivity contribution < 1.29 is 14.6 Å². The van der Waals surface area contributed by atoms with Crippen LogP contribution in [0.1, 0.15) is 19.8 Å². The van der Waals surface area contributed by atoms with Crippen molar-refractivity contribution in [1.29, 1.82) is 0 Å². The summed E-state index contributed by atoms with van der Waals surface area (Å²) in [4.78, 5) is 11.8. The van der Waals surface area contributed by atoms with Gasteiger partial charge in [0.15, 0.2) is 0 Å². The molecule has 92 valence electrons. The number of hydrogen-bond donors (Lipinski definition) is 2. The molecule has 2 aliphatic heterocycles. The number of carbonyl (C=O) groups excluding carboxylic acids is 1. The Morgan fingerprint density at radius 2 is 2.50 bits per heavy atom. The highest BCUT2D eigenvalue weighted by Crippen LogP contribution is 2.26. The van der Waals surface area contributed by atoms with E-state index in [1.54, 1.807) is 0 Å². The summed E-state index contributed by atoms with van der Waals surface area (Å²) in [7, 11) is 0. The molecule has 2 saturated heterocycles. The van der Waals surface area contributed by atoms with Crippen molar-refractivity contribution in [1.82, 2.24) is 5.32 Å². The van der Waals surface area contributed by atoms with Crippen LogP contribution in [0.15, 0.2) is 0 Å². The second-order valence-electron chi connectivity index (χ2n) is 4.64. The van der Waals surface area contributed by atoms with E-state index in [2.05, 4.69) is 5.32 Å². The molecule has 3 unspecified atom stereocenters. The summed E-state index contributed by atoms with van der Waals surface area (Å²) in [5.41, 5.74) is -0.874. The Bertz CT molecular complexity index is 268. The molecule has 2 aliphatic rings. The SMILES string of the molecule is CC1OCCC1(O)CNC(=O)C1CCSC1. The molecular weight excluding hydrogens is 226 g/mol. The average molecular weight is 245 g/mol. The van der Waals surface area contributed by atoms with Gasteiger partial charge in [0.05, 0.1) is 6.10 Å². The minimum absolute atomic E-state index is 0.0810. The first-order valence-corrected chi connectivity index (χ1v) is 6.97. The lowest BCUT2D eigenvalue weighted by Crippen LogP contribution is -2.48. The van der Waals surface area contributed by atoms with E-state index in [0.29, 0.717) is 19.6 Å². The van der Waals surface area contributed by atoms with E-state index < -0.39 is 5.60 Å². The molecule has 0 aromatic heterocycles. The molecule has 2 heterocycles. The van der Waals surface area contributed by atoms with E-state index in [9.17, 15) is 9.90 Å². The Morgan fingerprint density at radius 1 is 1.69 bits per heavy atom. The Morgan fingerprint density at radius 3 is 3.06 bits per heavy atom. The van der Waals surface area contributed by atoms with Crippen LogP contribution in [0.5, 0.6) is 0 Å². The molecule has 0 aromatic rings. The summed E-state index contributed by atoms with van der Waals surface area (Å²) in [6.07, 6.45) is 1.38. The largest absolute Gasteiger partial charge is 0.385 e. The summed E-state index contributed by atoms with van der Waals surface area (Å²) >= 11 is 1.82. The molecule has 0 saturated carbocycles. The van der Waals surface area contributed by atoms with Gasteiger partial charge < -0.3 is 15.2 Å².